The number of aliphatic hydroxyl groups is 1. The average molecular weight is 255 g/mol. The molecule has 1 fully saturated rings. The van der Waals surface area contributed by atoms with Crippen LogP contribution in [0.5, 0.6) is 0 Å². The maximum Gasteiger partial charge on any atom is 0.401 e. The van der Waals surface area contributed by atoms with Gasteiger partial charge in [0.2, 0.25) is 0 Å². The van der Waals surface area contributed by atoms with Crippen LogP contribution in [0.4, 0.5) is 13.2 Å². The van der Waals surface area contributed by atoms with Gasteiger partial charge in [-0.1, -0.05) is 12.8 Å². The van der Waals surface area contributed by atoms with Crippen molar-refractivity contribution in [2.75, 3.05) is 19.6 Å². The smallest absolute Gasteiger partial charge is 0.401 e. The molecule has 2 N–H and O–H groups in total. The van der Waals surface area contributed by atoms with Crippen LogP contribution in [-0.2, 0) is 4.79 Å². The lowest BCUT2D eigenvalue weighted by Crippen LogP contribution is -2.46. The van der Waals surface area contributed by atoms with Crippen LogP contribution in [0, 0.1) is 0 Å². The highest BCUT2D eigenvalue weighted by Gasteiger charge is 2.38. The highest BCUT2D eigenvalue weighted by molar-refractivity contribution is 5.69. The standard InChI is InChI=1S/C10H16F3NO3/c11-10(12,13)7-14(5-8(15)16)6-9(17)3-1-2-4-9/h17H,1-7H2,(H,15,16). The summed E-state index contributed by atoms with van der Waals surface area (Å²) in [4.78, 5) is 11.2. The molecule has 0 amide bonds. The van der Waals surface area contributed by atoms with Gasteiger partial charge in [-0.25, -0.2) is 0 Å². The van der Waals surface area contributed by atoms with Gasteiger partial charge in [0.25, 0.3) is 0 Å². The minimum absolute atomic E-state index is 0.237. The van der Waals surface area contributed by atoms with Crippen LogP contribution in [-0.4, -0.2) is 52.5 Å². The molecular formula is C10H16F3NO3. The Bertz CT molecular complexity index is 274. The minimum Gasteiger partial charge on any atom is -0.480 e. The van der Waals surface area contributed by atoms with Gasteiger partial charge in [-0.15, -0.1) is 0 Å². The molecule has 0 atom stereocenters. The zero-order valence-corrected chi connectivity index (χ0v) is 9.33. The summed E-state index contributed by atoms with van der Waals surface area (Å²) in [6, 6.07) is 0. The van der Waals surface area contributed by atoms with Gasteiger partial charge < -0.3 is 10.2 Å². The van der Waals surface area contributed by atoms with E-state index in [1.165, 1.54) is 0 Å². The lowest BCUT2D eigenvalue weighted by atomic mass is 10.0. The van der Waals surface area contributed by atoms with E-state index < -0.39 is 30.8 Å². The fraction of sp³-hybridized carbons (Fsp3) is 0.900. The number of halogens is 3. The third-order valence-corrected chi connectivity index (χ3v) is 2.81. The fourth-order valence-electron chi connectivity index (χ4n) is 2.22. The summed E-state index contributed by atoms with van der Waals surface area (Å²) in [7, 11) is 0. The molecule has 1 aliphatic carbocycles. The molecule has 0 radical (unpaired) electrons. The van der Waals surface area contributed by atoms with Crippen molar-refractivity contribution >= 4 is 5.97 Å². The van der Waals surface area contributed by atoms with Gasteiger partial charge in [0, 0.05) is 6.54 Å². The van der Waals surface area contributed by atoms with Crippen molar-refractivity contribution < 1.29 is 28.2 Å². The number of aliphatic carboxylic acids is 1. The first-order valence-corrected chi connectivity index (χ1v) is 5.43. The molecule has 17 heavy (non-hydrogen) atoms. The Hall–Kier alpha value is -0.820. The average Bonchev–Trinajstić information content (AvgIpc) is 2.46. The second-order valence-electron chi connectivity index (χ2n) is 4.59. The maximum atomic E-state index is 12.2. The molecule has 0 aromatic heterocycles. The Morgan fingerprint density at radius 2 is 1.82 bits per heavy atom. The van der Waals surface area contributed by atoms with Crippen LogP contribution < -0.4 is 0 Å². The molecule has 0 heterocycles. The second kappa shape index (κ2) is 5.22. The van der Waals surface area contributed by atoms with Gasteiger partial charge in [-0.2, -0.15) is 13.2 Å². The van der Waals surface area contributed by atoms with E-state index in [-0.39, 0.29) is 6.54 Å². The van der Waals surface area contributed by atoms with E-state index in [1.54, 1.807) is 0 Å². The molecule has 0 saturated heterocycles. The van der Waals surface area contributed by atoms with Crippen LogP contribution in [0.25, 0.3) is 0 Å². The molecule has 4 nitrogen and oxygen atoms in total. The van der Waals surface area contributed by atoms with Gasteiger partial charge in [0.15, 0.2) is 0 Å². The highest BCUT2D eigenvalue weighted by atomic mass is 19.4. The lowest BCUT2D eigenvalue weighted by molar-refractivity contribution is -0.159. The van der Waals surface area contributed by atoms with E-state index in [4.69, 9.17) is 5.11 Å². The van der Waals surface area contributed by atoms with E-state index in [9.17, 15) is 23.1 Å². The molecule has 1 saturated carbocycles. The summed E-state index contributed by atoms with van der Waals surface area (Å²) < 4.78 is 36.7. The summed E-state index contributed by atoms with van der Waals surface area (Å²) in [6.07, 6.45) is -2.06. The lowest BCUT2D eigenvalue weighted by Gasteiger charge is -2.30. The van der Waals surface area contributed by atoms with Crippen molar-refractivity contribution in [2.45, 2.75) is 37.5 Å². The summed E-state index contributed by atoms with van der Waals surface area (Å²) in [6.45, 7) is -2.25. The van der Waals surface area contributed by atoms with Gasteiger partial charge in [-0.05, 0) is 12.8 Å². The van der Waals surface area contributed by atoms with E-state index in [2.05, 4.69) is 0 Å². The number of rotatable bonds is 5. The molecule has 0 aromatic rings. The number of carboxylic acids is 1. The second-order valence-corrected chi connectivity index (χ2v) is 4.59. The van der Waals surface area contributed by atoms with Crippen molar-refractivity contribution in [3.63, 3.8) is 0 Å². The van der Waals surface area contributed by atoms with Crippen LogP contribution in [0.15, 0.2) is 0 Å². The normalized spacial score (nSPS) is 19.8. The molecular weight excluding hydrogens is 239 g/mol. The number of carboxylic acid groups (broad SMARTS) is 1. The van der Waals surface area contributed by atoms with E-state index in [0.29, 0.717) is 12.8 Å². The Morgan fingerprint density at radius 1 is 1.29 bits per heavy atom. The molecule has 1 aliphatic rings. The Balaban J connectivity index is 2.59. The first-order valence-electron chi connectivity index (χ1n) is 5.43. The number of hydrogen-bond acceptors (Lipinski definition) is 3. The van der Waals surface area contributed by atoms with E-state index in [0.717, 1.165) is 17.7 Å². The molecule has 100 valence electrons. The van der Waals surface area contributed by atoms with Crippen molar-refractivity contribution in [2.24, 2.45) is 0 Å². The maximum absolute atomic E-state index is 12.2. The molecule has 0 bridgehead atoms. The predicted molar refractivity (Wildman–Crippen MR) is 53.5 cm³/mol. The zero-order chi connectivity index (χ0) is 13.1. The molecule has 0 spiro atoms. The largest absolute Gasteiger partial charge is 0.480 e. The number of nitrogens with zero attached hydrogens (tertiary/aromatic N) is 1. The fourth-order valence-corrected chi connectivity index (χ4v) is 2.22. The molecule has 0 aromatic carbocycles. The van der Waals surface area contributed by atoms with Crippen LogP contribution in [0.1, 0.15) is 25.7 Å². The molecule has 0 unspecified atom stereocenters. The topological polar surface area (TPSA) is 60.8 Å². The van der Waals surface area contributed by atoms with Crippen LogP contribution in [0.3, 0.4) is 0 Å². The SMILES string of the molecule is O=C(O)CN(CC(F)(F)F)CC1(O)CCCC1. The van der Waals surface area contributed by atoms with Crippen molar-refractivity contribution in [1.29, 1.82) is 0 Å². The first-order chi connectivity index (χ1) is 7.70. The predicted octanol–water partition coefficient (Wildman–Crippen LogP) is 1.24. The zero-order valence-electron chi connectivity index (χ0n) is 9.33. The van der Waals surface area contributed by atoms with E-state index in [1.807, 2.05) is 0 Å². The van der Waals surface area contributed by atoms with E-state index >= 15 is 0 Å². The Kier molecular flexibility index (Phi) is 4.37. The van der Waals surface area contributed by atoms with Crippen LogP contribution >= 0.6 is 0 Å². The van der Waals surface area contributed by atoms with Gasteiger partial charge >= 0.3 is 12.1 Å². The van der Waals surface area contributed by atoms with Crippen molar-refractivity contribution in [3.05, 3.63) is 0 Å². The quantitative estimate of drug-likeness (QED) is 0.776. The number of carbonyl (C=O) groups is 1. The summed E-state index contributed by atoms with van der Waals surface area (Å²) in [5.74, 6) is -1.32. The Labute approximate surface area is 97.0 Å². The molecule has 7 heteroatoms. The summed E-state index contributed by atoms with van der Waals surface area (Å²) in [5, 5.41) is 18.5. The summed E-state index contributed by atoms with van der Waals surface area (Å²) in [5.41, 5.74) is -1.17. The van der Waals surface area contributed by atoms with Gasteiger partial charge in [0.1, 0.15) is 0 Å². The van der Waals surface area contributed by atoms with Crippen LogP contribution in [0.2, 0.25) is 0 Å². The molecule has 1 rings (SSSR count). The van der Waals surface area contributed by atoms with Gasteiger partial charge in [-0.3, -0.25) is 9.69 Å². The third kappa shape index (κ3) is 5.36. The number of hydrogen-bond donors (Lipinski definition) is 2. The van der Waals surface area contributed by atoms with Crippen molar-refractivity contribution in [3.8, 4) is 0 Å². The van der Waals surface area contributed by atoms with Gasteiger partial charge in [0.05, 0.1) is 18.7 Å². The Morgan fingerprint density at radius 3 is 2.24 bits per heavy atom. The number of alkyl halides is 3. The van der Waals surface area contributed by atoms with Crippen molar-refractivity contribution in [1.82, 2.24) is 4.90 Å². The third-order valence-electron chi connectivity index (χ3n) is 2.81. The summed E-state index contributed by atoms with van der Waals surface area (Å²) >= 11 is 0. The monoisotopic (exact) mass is 255 g/mol. The first kappa shape index (κ1) is 14.2. The molecule has 0 aliphatic heterocycles. The highest BCUT2D eigenvalue weighted by Crippen LogP contribution is 2.31. The minimum atomic E-state index is -4.45.